The van der Waals surface area contributed by atoms with Crippen LogP contribution in [-0.2, 0) is 17.5 Å². The van der Waals surface area contributed by atoms with Crippen molar-refractivity contribution in [2.45, 2.75) is 44.4 Å². The number of halogens is 3. The number of amides is 1. The number of piperazine rings is 1. The van der Waals surface area contributed by atoms with E-state index in [1.807, 2.05) is 0 Å². The number of alkyl halides is 3. The quantitative estimate of drug-likeness (QED) is 0.528. The number of anilines is 3. The van der Waals surface area contributed by atoms with Gasteiger partial charge in [0.2, 0.25) is 23.8 Å². The minimum atomic E-state index is -4.45. The molecule has 9 nitrogen and oxygen atoms in total. The molecule has 1 aliphatic heterocycles. The topological polar surface area (TPSA) is 98.3 Å². The van der Waals surface area contributed by atoms with Gasteiger partial charge >= 0.3 is 6.18 Å². The summed E-state index contributed by atoms with van der Waals surface area (Å²) in [4.78, 5) is 30.7. The average molecular weight is 507 g/mol. The van der Waals surface area contributed by atoms with Gasteiger partial charge in [-0.05, 0) is 44.4 Å². The first-order valence-electron chi connectivity index (χ1n) is 12.3. The number of nitrogens with zero attached hydrogens (tertiary/aromatic N) is 5. The zero-order chi connectivity index (χ0) is 25.7. The average Bonchev–Trinajstić information content (AvgIpc) is 2.87. The standard InChI is InChI=1S/C24H33F3N8O/c1-28-21-31-22(33-23(32-21)35-13-11-34(2)12-14-35)30-18-9-7-16(8-10-18)20(36)29-15-17-5-3-4-6-19(17)24(25,26)27/h3-6,16,18H,7-15H2,1-2H3,(H,29,36)(H2,28,30,31,32,33)/t16-,18+. The van der Waals surface area contributed by atoms with E-state index in [0.29, 0.717) is 30.7 Å². The summed E-state index contributed by atoms with van der Waals surface area (Å²) in [6.07, 6.45) is -1.69. The molecule has 1 saturated heterocycles. The van der Waals surface area contributed by atoms with Gasteiger partial charge in [0.05, 0.1) is 5.56 Å². The van der Waals surface area contributed by atoms with Gasteiger partial charge in [-0.1, -0.05) is 18.2 Å². The number of aromatic nitrogens is 3. The van der Waals surface area contributed by atoms with Gasteiger partial charge < -0.3 is 25.8 Å². The number of hydrogen-bond donors (Lipinski definition) is 3. The Balaban J connectivity index is 1.30. The Hall–Kier alpha value is -3.15. The largest absolute Gasteiger partial charge is 0.416 e. The highest BCUT2D eigenvalue weighted by Crippen LogP contribution is 2.32. The number of carbonyl (C=O) groups excluding carboxylic acids is 1. The van der Waals surface area contributed by atoms with Crippen molar-refractivity contribution in [3.05, 3.63) is 35.4 Å². The Labute approximate surface area is 208 Å². The van der Waals surface area contributed by atoms with Crippen molar-refractivity contribution in [2.24, 2.45) is 5.92 Å². The van der Waals surface area contributed by atoms with Crippen LogP contribution in [0, 0.1) is 5.92 Å². The highest BCUT2D eigenvalue weighted by molar-refractivity contribution is 5.78. The van der Waals surface area contributed by atoms with Gasteiger partial charge in [0, 0.05) is 51.7 Å². The molecule has 2 aromatic rings. The van der Waals surface area contributed by atoms with Gasteiger partial charge in [0.1, 0.15) is 0 Å². The predicted octanol–water partition coefficient (Wildman–Crippen LogP) is 2.97. The number of benzene rings is 1. The Morgan fingerprint density at radius 1 is 1.00 bits per heavy atom. The van der Waals surface area contributed by atoms with E-state index in [-0.39, 0.29) is 30.0 Å². The summed E-state index contributed by atoms with van der Waals surface area (Å²) in [7, 11) is 3.86. The minimum Gasteiger partial charge on any atom is -0.357 e. The van der Waals surface area contributed by atoms with Crippen LogP contribution >= 0.6 is 0 Å². The van der Waals surface area contributed by atoms with Crippen molar-refractivity contribution < 1.29 is 18.0 Å². The third kappa shape index (κ3) is 6.54. The molecule has 12 heteroatoms. The molecule has 1 aromatic carbocycles. The van der Waals surface area contributed by atoms with E-state index in [1.54, 1.807) is 13.1 Å². The molecule has 1 aromatic heterocycles. The third-order valence-electron chi connectivity index (χ3n) is 6.84. The van der Waals surface area contributed by atoms with E-state index in [1.165, 1.54) is 12.1 Å². The van der Waals surface area contributed by atoms with Crippen molar-refractivity contribution in [2.75, 3.05) is 55.8 Å². The van der Waals surface area contributed by atoms with Gasteiger partial charge in [0.25, 0.3) is 0 Å². The molecule has 2 heterocycles. The molecule has 0 radical (unpaired) electrons. The van der Waals surface area contributed by atoms with Gasteiger partial charge in [-0.2, -0.15) is 28.1 Å². The Kier molecular flexibility index (Phi) is 8.12. The first-order valence-corrected chi connectivity index (χ1v) is 12.3. The molecule has 0 unspecified atom stereocenters. The Morgan fingerprint density at radius 2 is 1.67 bits per heavy atom. The van der Waals surface area contributed by atoms with Gasteiger partial charge in [-0.15, -0.1) is 0 Å². The number of rotatable bonds is 7. The second-order valence-electron chi connectivity index (χ2n) is 9.39. The molecule has 1 amide bonds. The Morgan fingerprint density at radius 3 is 2.33 bits per heavy atom. The highest BCUT2D eigenvalue weighted by Gasteiger charge is 2.33. The molecule has 0 spiro atoms. The fraction of sp³-hybridized carbons (Fsp3) is 0.583. The lowest BCUT2D eigenvalue weighted by Crippen LogP contribution is -2.45. The van der Waals surface area contributed by atoms with Gasteiger partial charge in [-0.3, -0.25) is 4.79 Å². The molecule has 2 aliphatic rings. The van der Waals surface area contributed by atoms with Crippen molar-refractivity contribution in [3.63, 3.8) is 0 Å². The van der Waals surface area contributed by atoms with Crippen molar-refractivity contribution in [1.82, 2.24) is 25.2 Å². The van der Waals surface area contributed by atoms with Crippen LogP contribution in [-0.4, -0.2) is 72.1 Å². The SMILES string of the molecule is CNc1nc(N[C@H]2CC[C@@H](C(=O)NCc3ccccc3C(F)(F)F)CC2)nc(N2CCN(C)CC2)n1. The van der Waals surface area contributed by atoms with Crippen LogP contribution in [0.2, 0.25) is 0 Å². The maximum absolute atomic E-state index is 13.2. The lowest BCUT2D eigenvalue weighted by molar-refractivity contribution is -0.138. The minimum absolute atomic E-state index is 0.0695. The Bertz CT molecular complexity index is 1030. The van der Waals surface area contributed by atoms with Crippen LogP contribution in [0.3, 0.4) is 0 Å². The van der Waals surface area contributed by atoms with Crippen LogP contribution in [0.4, 0.5) is 31.0 Å². The molecular formula is C24H33F3N8O. The van der Waals surface area contributed by atoms with E-state index in [0.717, 1.165) is 45.1 Å². The molecule has 4 rings (SSSR count). The van der Waals surface area contributed by atoms with Gasteiger partial charge in [-0.25, -0.2) is 0 Å². The number of likely N-dealkylation sites (N-methyl/N-ethyl adjacent to an activating group) is 1. The summed E-state index contributed by atoms with van der Waals surface area (Å²) in [6.45, 7) is 3.43. The number of carbonyl (C=O) groups is 1. The second kappa shape index (κ2) is 11.3. The van der Waals surface area contributed by atoms with E-state index < -0.39 is 11.7 Å². The maximum atomic E-state index is 13.2. The molecular weight excluding hydrogens is 473 g/mol. The predicted molar refractivity (Wildman–Crippen MR) is 132 cm³/mol. The summed E-state index contributed by atoms with van der Waals surface area (Å²) in [5.41, 5.74) is -0.646. The molecule has 2 fully saturated rings. The summed E-state index contributed by atoms with van der Waals surface area (Å²) in [5.74, 6) is 1.19. The summed E-state index contributed by atoms with van der Waals surface area (Å²) in [6, 6.07) is 5.43. The summed E-state index contributed by atoms with van der Waals surface area (Å²) in [5, 5.41) is 9.08. The molecule has 0 atom stereocenters. The zero-order valence-corrected chi connectivity index (χ0v) is 20.6. The van der Waals surface area contributed by atoms with E-state index >= 15 is 0 Å². The fourth-order valence-electron chi connectivity index (χ4n) is 4.65. The first-order chi connectivity index (χ1) is 17.2. The zero-order valence-electron chi connectivity index (χ0n) is 20.6. The first kappa shape index (κ1) is 25.9. The van der Waals surface area contributed by atoms with E-state index in [9.17, 15) is 18.0 Å². The molecule has 0 bridgehead atoms. The van der Waals surface area contributed by atoms with Gasteiger partial charge in [0.15, 0.2) is 0 Å². The van der Waals surface area contributed by atoms with Crippen LogP contribution < -0.4 is 20.9 Å². The maximum Gasteiger partial charge on any atom is 0.416 e. The van der Waals surface area contributed by atoms with Crippen molar-refractivity contribution >= 4 is 23.8 Å². The van der Waals surface area contributed by atoms with Crippen LogP contribution in [0.15, 0.2) is 24.3 Å². The van der Waals surface area contributed by atoms with Crippen LogP contribution in [0.5, 0.6) is 0 Å². The molecule has 3 N–H and O–H groups in total. The monoisotopic (exact) mass is 506 g/mol. The number of nitrogens with one attached hydrogen (secondary N) is 3. The highest BCUT2D eigenvalue weighted by atomic mass is 19.4. The summed E-state index contributed by atoms with van der Waals surface area (Å²) >= 11 is 0. The van der Waals surface area contributed by atoms with E-state index in [4.69, 9.17) is 0 Å². The van der Waals surface area contributed by atoms with E-state index in [2.05, 4.69) is 47.7 Å². The molecule has 36 heavy (non-hydrogen) atoms. The number of hydrogen-bond acceptors (Lipinski definition) is 8. The summed E-state index contributed by atoms with van der Waals surface area (Å²) < 4.78 is 39.6. The molecule has 196 valence electrons. The smallest absolute Gasteiger partial charge is 0.357 e. The van der Waals surface area contributed by atoms with Crippen molar-refractivity contribution in [3.8, 4) is 0 Å². The van der Waals surface area contributed by atoms with Crippen LogP contribution in [0.25, 0.3) is 0 Å². The molecule has 1 saturated carbocycles. The normalized spacial score (nSPS) is 21.2. The fourth-order valence-corrected chi connectivity index (χ4v) is 4.65. The van der Waals surface area contributed by atoms with Crippen molar-refractivity contribution in [1.29, 1.82) is 0 Å². The molecule has 1 aliphatic carbocycles. The third-order valence-corrected chi connectivity index (χ3v) is 6.84. The lowest BCUT2D eigenvalue weighted by atomic mass is 9.85. The lowest BCUT2D eigenvalue weighted by Gasteiger charge is -2.33. The second-order valence-corrected chi connectivity index (χ2v) is 9.39. The van der Waals surface area contributed by atoms with Crippen LogP contribution in [0.1, 0.15) is 36.8 Å².